The van der Waals surface area contributed by atoms with E-state index in [2.05, 4.69) is 45.9 Å². The molecule has 0 aliphatic carbocycles. The molecule has 4 rings (SSSR count). The lowest BCUT2D eigenvalue weighted by atomic mass is 10.2. The molecule has 0 fully saturated rings. The van der Waals surface area contributed by atoms with Crippen molar-refractivity contribution in [2.75, 3.05) is 16.0 Å². The molecular formula is C18H12Cl3N9O12S4. The molecule has 0 atom stereocenters. The molecular weight excluding hydrogens is 769 g/mol. The summed E-state index contributed by atoms with van der Waals surface area (Å²) in [6.45, 7) is 0. The Morgan fingerprint density at radius 2 is 0.826 bits per heavy atom. The van der Waals surface area contributed by atoms with E-state index in [1.54, 1.807) is 0 Å². The summed E-state index contributed by atoms with van der Waals surface area (Å²) in [7, 11) is -20.5. The topological polar surface area (TPSA) is 331 Å². The lowest BCUT2D eigenvalue weighted by molar-refractivity contribution is 0.477. The SMILES string of the molecule is O=S(=O)(O)c1cc(Nc2nc(Cl)nc(Nc3cc(Nc4nc(Cl)nc(Cl)n4)c(S(=O)(=O)O)cc3S(=O)(=O)O)n2)cc(S(=O)(=O)O)c1. The van der Waals surface area contributed by atoms with E-state index in [1.165, 1.54) is 0 Å². The summed E-state index contributed by atoms with van der Waals surface area (Å²) in [5.41, 5.74) is -1.72. The molecule has 0 aliphatic rings. The molecule has 2 heterocycles. The minimum absolute atomic E-state index is 0.333. The maximum Gasteiger partial charge on any atom is 0.296 e. The van der Waals surface area contributed by atoms with Gasteiger partial charge >= 0.3 is 0 Å². The highest BCUT2D eigenvalue weighted by Crippen LogP contribution is 2.35. The second kappa shape index (κ2) is 12.5. The van der Waals surface area contributed by atoms with Crippen molar-refractivity contribution in [1.29, 1.82) is 0 Å². The van der Waals surface area contributed by atoms with Gasteiger partial charge in [0.1, 0.15) is 9.79 Å². The lowest BCUT2D eigenvalue weighted by Gasteiger charge is -2.16. The third kappa shape index (κ3) is 8.79. The Bertz CT molecular complexity index is 2280. The predicted octanol–water partition coefficient (Wildman–Crippen LogP) is 2.23. The Kier molecular flexibility index (Phi) is 9.59. The number of hydrogen-bond donors (Lipinski definition) is 7. The number of halogens is 3. The average Bonchev–Trinajstić information content (AvgIpc) is 2.85. The molecule has 46 heavy (non-hydrogen) atoms. The van der Waals surface area contributed by atoms with Gasteiger partial charge in [-0.2, -0.15) is 63.6 Å². The lowest BCUT2D eigenvalue weighted by Crippen LogP contribution is -2.12. The van der Waals surface area contributed by atoms with Gasteiger partial charge in [0.15, 0.2) is 0 Å². The Hall–Kier alpha value is -3.63. The molecule has 0 bridgehead atoms. The highest BCUT2D eigenvalue weighted by molar-refractivity contribution is 7.87. The van der Waals surface area contributed by atoms with E-state index >= 15 is 0 Å². The average molecular weight is 781 g/mol. The fraction of sp³-hybridized carbons (Fsp3) is 0. The highest BCUT2D eigenvalue weighted by Gasteiger charge is 2.26. The molecule has 0 saturated heterocycles. The van der Waals surface area contributed by atoms with Crippen molar-refractivity contribution in [1.82, 2.24) is 29.9 Å². The quantitative estimate of drug-likeness (QED) is 0.113. The van der Waals surface area contributed by atoms with E-state index < -0.39 is 111 Å². The van der Waals surface area contributed by atoms with E-state index in [-0.39, 0.29) is 0 Å². The van der Waals surface area contributed by atoms with Gasteiger partial charge in [0.25, 0.3) is 40.5 Å². The molecule has 0 radical (unpaired) electrons. The Balaban J connectivity index is 1.83. The minimum atomic E-state index is -5.28. The standard InChI is InChI=1S/C18H12Cl3N9O12S4/c19-13-25-14(20)27-17(26-13)23-9-4-10(12(46(40,41)42)5-11(9)45(37,38)39)24-18-29-15(21)28-16(30-18)22-6-1-7(43(31,32)33)3-8(2-6)44(34,35)36/h1-5H,(H,31,32,33)(H,34,35,36)(H,37,38,39)(H,40,41,42)(H,23,25,26,27)(H2,22,24,28,29,30). The summed E-state index contributed by atoms with van der Waals surface area (Å²) >= 11 is 17.3. The summed E-state index contributed by atoms with van der Waals surface area (Å²) in [5.74, 6) is -1.69. The number of anilines is 6. The number of rotatable bonds is 10. The Labute approximate surface area is 272 Å². The molecule has 0 unspecified atom stereocenters. The zero-order valence-corrected chi connectivity index (χ0v) is 26.9. The molecule has 2 aromatic heterocycles. The van der Waals surface area contributed by atoms with Crippen LogP contribution < -0.4 is 16.0 Å². The van der Waals surface area contributed by atoms with Gasteiger partial charge in [0.2, 0.25) is 33.7 Å². The molecule has 21 nitrogen and oxygen atoms in total. The largest absolute Gasteiger partial charge is 0.324 e. The van der Waals surface area contributed by atoms with E-state index in [9.17, 15) is 51.9 Å². The first-order valence-corrected chi connectivity index (χ1v) is 17.9. The summed E-state index contributed by atoms with van der Waals surface area (Å²) in [6.07, 6.45) is 0. The fourth-order valence-corrected chi connectivity index (χ4v) is 6.42. The molecule has 0 saturated carbocycles. The minimum Gasteiger partial charge on any atom is -0.324 e. The van der Waals surface area contributed by atoms with E-state index in [1.807, 2.05) is 0 Å². The van der Waals surface area contributed by atoms with Crippen LogP contribution in [0.4, 0.5) is 34.9 Å². The first kappa shape index (κ1) is 35.2. The van der Waals surface area contributed by atoms with Crippen LogP contribution in [0.25, 0.3) is 0 Å². The number of benzene rings is 2. The highest BCUT2D eigenvalue weighted by atomic mass is 35.5. The maximum atomic E-state index is 12.2. The number of hydrogen-bond acceptors (Lipinski definition) is 17. The van der Waals surface area contributed by atoms with Gasteiger partial charge in [-0.05, 0) is 65.1 Å². The van der Waals surface area contributed by atoms with Gasteiger partial charge in [-0.1, -0.05) is 0 Å². The Morgan fingerprint density at radius 1 is 0.457 bits per heavy atom. The first-order chi connectivity index (χ1) is 21.0. The van der Waals surface area contributed by atoms with Crippen molar-refractivity contribution in [3.05, 3.63) is 46.2 Å². The van der Waals surface area contributed by atoms with Crippen LogP contribution in [0.15, 0.2) is 49.9 Å². The van der Waals surface area contributed by atoms with Crippen LogP contribution >= 0.6 is 34.8 Å². The molecule has 28 heteroatoms. The molecule has 0 amide bonds. The zero-order chi connectivity index (χ0) is 34.4. The van der Waals surface area contributed by atoms with E-state index in [4.69, 9.17) is 34.8 Å². The summed E-state index contributed by atoms with van der Waals surface area (Å²) in [5, 5.41) is 5.48. The fourth-order valence-electron chi connectivity index (χ4n) is 3.34. The smallest absolute Gasteiger partial charge is 0.296 e. The monoisotopic (exact) mass is 779 g/mol. The number of aromatic nitrogens is 6. The van der Waals surface area contributed by atoms with Crippen LogP contribution in [-0.2, 0) is 40.5 Å². The second-order valence-electron chi connectivity index (χ2n) is 8.26. The summed E-state index contributed by atoms with van der Waals surface area (Å²) < 4.78 is 133. The van der Waals surface area contributed by atoms with Gasteiger partial charge < -0.3 is 16.0 Å². The number of nitrogens with one attached hydrogen (secondary N) is 3. The van der Waals surface area contributed by atoms with Crippen LogP contribution in [0, 0.1) is 0 Å². The van der Waals surface area contributed by atoms with E-state index in [0.29, 0.717) is 12.1 Å². The van der Waals surface area contributed by atoms with E-state index in [0.717, 1.165) is 18.2 Å². The third-order valence-corrected chi connectivity index (χ3v) is 9.01. The molecule has 7 N–H and O–H groups in total. The van der Waals surface area contributed by atoms with Crippen molar-refractivity contribution < 1.29 is 51.9 Å². The van der Waals surface area contributed by atoms with Gasteiger partial charge in [0, 0.05) is 5.69 Å². The molecule has 4 aromatic rings. The van der Waals surface area contributed by atoms with Crippen LogP contribution in [0.1, 0.15) is 0 Å². The van der Waals surface area contributed by atoms with Crippen molar-refractivity contribution in [3.8, 4) is 0 Å². The van der Waals surface area contributed by atoms with Gasteiger partial charge in [-0.3, -0.25) is 18.2 Å². The van der Waals surface area contributed by atoms with Gasteiger partial charge in [0.05, 0.1) is 21.2 Å². The first-order valence-electron chi connectivity index (χ1n) is 11.0. The third-order valence-electron chi connectivity index (χ3n) is 5.05. The van der Waals surface area contributed by atoms with Gasteiger partial charge in [-0.15, -0.1) is 0 Å². The normalized spacial score (nSPS) is 12.5. The Morgan fingerprint density at radius 3 is 1.22 bits per heavy atom. The van der Waals surface area contributed by atoms with Crippen LogP contribution in [0.3, 0.4) is 0 Å². The second-order valence-corrected chi connectivity index (χ2v) is 14.9. The number of nitrogens with zero attached hydrogens (tertiary/aromatic N) is 6. The van der Waals surface area contributed by atoms with Crippen molar-refractivity contribution in [3.63, 3.8) is 0 Å². The zero-order valence-electron chi connectivity index (χ0n) is 21.4. The van der Waals surface area contributed by atoms with Gasteiger partial charge in [-0.25, -0.2) is 0 Å². The van der Waals surface area contributed by atoms with Crippen molar-refractivity contribution >= 4 is 110 Å². The molecule has 246 valence electrons. The van der Waals surface area contributed by atoms with Crippen molar-refractivity contribution in [2.24, 2.45) is 0 Å². The van der Waals surface area contributed by atoms with Crippen molar-refractivity contribution in [2.45, 2.75) is 19.6 Å². The van der Waals surface area contributed by atoms with Crippen LogP contribution in [-0.4, -0.2) is 81.8 Å². The molecule has 0 spiro atoms. The summed E-state index contributed by atoms with van der Waals surface area (Å²) in [6, 6.07) is 2.94. The molecule has 2 aromatic carbocycles. The summed E-state index contributed by atoms with van der Waals surface area (Å²) in [4.78, 5) is 17.9. The van der Waals surface area contributed by atoms with Crippen LogP contribution in [0.2, 0.25) is 15.9 Å². The maximum absolute atomic E-state index is 12.2. The molecule has 0 aliphatic heterocycles. The predicted molar refractivity (Wildman–Crippen MR) is 157 cm³/mol. The van der Waals surface area contributed by atoms with Crippen LogP contribution in [0.5, 0.6) is 0 Å².